The molecule has 0 radical (unpaired) electrons. The van der Waals surface area contributed by atoms with Gasteiger partial charge >= 0.3 is 6.18 Å². The summed E-state index contributed by atoms with van der Waals surface area (Å²) in [5.74, 6) is 0.123. The van der Waals surface area contributed by atoms with Crippen molar-refractivity contribution in [3.8, 4) is 11.3 Å². The van der Waals surface area contributed by atoms with E-state index in [9.17, 15) is 18.0 Å². The molecule has 0 aliphatic carbocycles. The van der Waals surface area contributed by atoms with Gasteiger partial charge in [0.15, 0.2) is 12.0 Å². The van der Waals surface area contributed by atoms with Crippen LogP contribution in [0.1, 0.15) is 16.1 Å². The highest BCUT2D eigenvalue weighted by Crippen LogP contribution is 2.32. The van der Waals surface area contributed by atoms with Crippen molar-refractivity contribution in [1.29, 1.82) is 0 Å². The Morgan fingerprint density at radius 2 is 2.00 bits per heavy atom. The van der Waals surface area contributed by atoms with Crippen molar-refractivity contribution < 1.29 is 22.5 Å². The lowest BCUT2D eigenvalue weighted by atomic mass is 10.1. The van der Waals surface area contributed by atoms with Crippen LogP contribution in [0.5, 0.6) is 0 Å². The molecular weight excluding hydrogens is 235 g/mol. The lowest BCUT2D eigenvalue weighted by Gasteiger charge is -2.06. The standard InChI is InChI=1S/C11H6F3NO2/c12-11(13,14)8-3-1-2-7(4-8)10-5-9(6-16)15-17-10/h1-6H. The van der Waals surface area contributed by atoms with Crippen LogP contribution in [-0.2, 0) is 6.18 Å². The number of hydrogen-bond donors (Lipinski definition) is 0. The molecule has 0 aliphatic heterocycles. The monoisotopic (exact) mass is 241 g/mol. The number of aromatic nitrogens is 1. The van der Waals surface area contributed by atoms with Gasteiger partial charge in [0.1, 0.15) is 5.69 Å². The summed E-state index contributed by atoms with van der Waals surface area (Å²) in [6.07, 6.45) is -3.95. The number of carbonyl (C=O) groups excluding carboxylic acids is 1. The number of benzene rings is 1. The summed E-state index contributed by atoms with van der Waals surface area (Å²) in [7, 11) is 0. The van der Waals surface area contributed by atoms with Crippen molar-refractivity contribution in [3.05, 3.63) is 41.6 Å². The molecule has 0 N–H and O–H groups in total. The number of aldehydes is 1. The van der Waals surface area contributed by atoms with E-state index >= 15 is 0 Å². The Kier molecular flexibility index (Phi) is 2.71. The van der Waals surface area contributed by atoms with Gasteiger partial charge in [0.2, 0.25) is 0 Å². The van der Waals surface area contributed by atoms with E-state index in [-0.39, 0.29) is 17.0 Å². The second-order valence-corrected chi connectivity index (χ2v) is 3.31. The van der Waals surface area contributed by atoms with Gasteiger partial charge in [-0.05, 0) is 12.1 Å². The molecule has 0 fully saturated rings. The van der Waals surface area contributed by atoms with E-state index in [0.717, 1.165) is 12.1 Å². The topological polar surface area (TPSA) is 43.1 Å². The van der Waals surface area contributed by atoms with Gasteiger partial charge in [-0.2, -0.15) is 13.2 Å². The average molecular weight is 241 g/mol. The summed E-state index contributed by atoms with van der Waals surface area (Å²) in [6.45, 7) is 0. The molecule has 0 unspecified atom stereocenters. The maximum Gasteiger partial charge on any atom is 0.416 e. The predicted molar refractivity (Wildman–Crippen MR) is 52.3 cm³/mol. The van der Waals surface area contributed by atoms with Gasteiger partial charge in [0.25, 0.3) is 0 Å². The number of carbonyl (C=O) groups is 1. The van der Waals surface area contributed by atoms with Gasteiger partial charge in [-0.1, -0.05) is 17.3 Å². The van der Waals surface area contributed by atoms with Crippen molar-refractivity contribution in [1.82, 2.24) is 5.16 Å². The number of rotatable bonds is 2. The van der Waals surface area contributed by atoms with E-state index in [0.29, 0.717) is 6.29 Å². The quantitative estimate of drug-likeness (QED) is 0.758. The van der Waals surface area contributed by atoms with Crippen molar-refractivity contribution in [2.24, 2.45) is 0 Å². The molecule has 0 bridgehead atoms. The first-order chi connectivity index (χ1) is 8.00. The maximum atomic E-state index is 12.5. The summed E-state index contributed by atoms with van der Waals surface area (Å²) >= 11 is 0. The third kappa shape index (κ3) is 2.35. The predicted octanol–water partition coefficient (Wildman–Crippen LogP) is 3.17. The molecular formula is C11H6F3NO2. The molecule has 1 aromatic carbocycles. The summed E-state index contributed by atoms with van der Waals surface area (Å²) in [6, 6.07) is 5.89. The molecule has 2 aromatic rings. The van der Waals surface area contributed by atoms with E-state index in [1.54, 1.807) is 0 Å². The van der Waals surface area contributed by atoms with Crippen LogP contribution < -0.4 is 0 Å². The van der Waals surface area contributed by atoms with Crippen LogP contribution in [0.15, 0.2) is 34.9 Å². The van der Waals surface area contributed by atoms with Crippen molar-refractivity contribution in [2.45, 2.75) is 6.18 Å². The van der Waals surface area contributed by atoms with Crippen LogP contribution in [0.2, 0.25) is 0 Å². The molecule has 17 heavy (non-hydrogen) atoms. The number of hydrogen-bond acceptors (Lipinski definition) is 3. The van der Waals surface area contributed by atoms with Crippen LogP contribution in [0, 0.1) is 0 Å². The Bertz CT molecular complexity index is 546. The van der Waals surface area contributed by atoms with E-state index in [2.05, 4.69) is 5.16 Å². The van der Waals surface area contributed by atoms with Crippen LogP contribution in [0.3, 0.4) is 0 Å². The molecule has 0 aliphatic rings. The molecule has 6 heteroatoms. The zero-order valence-corrected chi connectivity index (χ0v) is 8.36. The van der Waals surface area contributed by atoms with E-state index in [4.69, 9.17) is 4.52 Å². The van der Waals surface area contributed by atoms with Crippen LogP contribution >= 0.6 is 0 Å². The van der Waals surface area contributed by atoms with Crippen LogP contribution in [-0.4, -0.2) is 11.4 Å². The van der Waals surface area contributed by atoms with E-state index < -0.39 is 11.7 Å². The first kappa shape index (κ1) is 11.4. The summed E-state index contributed by atoms with van der Waals surface area (Å²) in [5, 5.41) is 3.38. The normalized spacial score (nSPS) is 11.5. The Morgan fingerprint density at radius 1 is 1.24 bits per heavy atom. The molecule has 0 saturated heterocycles. The smallest absolute Gasteiger partial charge is 0.356 e. The number of halogens is 3. The minimum Gasteiger partial charge on any atom is -0.356 e. The summed E-state index contributed by atoms with van der Waals surface area (Å²) < 4.78 is 42.1. The average Bonchev–Trinajstić information content (AvgIpc) is 2.76. The number of nitrogens with zero attached hydrogens (tertiary/aromatic N) is 1. The zero-order valence-electron chi connectivity index (χ0n) is 8.36. The van der Waals surface area contributed by atoms with E-state index in [1.165, 1.54) is 18.2 Å². The lowest BCUT2D eigenvalue weighted by Crippen LogP contribution is -2.04. The Labute approximate surface area is 93.8 Å². The molecule has 0 amide bonds. The zero-order chi connectivity index (χ0) is 12.5. The van der Waals surface area contributed by atoms with Crippen LogP contribution in [0.4, 0.5) is 13.2 Å². The van der Waals surface area contributed by atoms with Gasteiger partial charge < -0.3 is 4.52 Å². The van der Waals surface area contributed by atoms with Gasteiger partial charge in [-0.3, -0.25) is 4.79 Å². The Hall–Kier alpha value is -2.11. The SMILES string of the molecule is O=Cc1cc(-c2cccc(C(F)(F)F)c2)on1. The number of alkyl halides is 3. The first-order valence-electron chi connectivity index (χ1n) is 4.60. The lowest BCUT2D eigenvalue weighted by molar-refractivity contribution is -0.137. The van der Waals surface area contributed by atoms with Gasteiger partial charge in [0.05, 0.1) is 5.56 Å². The fourth-order valence-corrected chi connectivity index (χ4v) is 1.33. The highest BCUT2D eigenvalue weighted by molar-refractivity contribution is 5.74. The fraction of sp³-hybridized carbons (Fsp3) is 0.0909. The molecule has 0 saturated carbocycles. The van der Waals surface area contributed by atoms with Gasteiger partial charge in [0, 0.05) is 11.6 Å². The summed E-state index contributed by atoms with van der Waals surface area (Å²) in [4.78, 5) is 10.4. The minimum atomic E-state index is -4.41. The minimum absolute atomic E-state index is 0.0393. The fourth-order valence-electron chi connectivity index (χ4n) is 1.33. The van der Waals surface area contributed by atoms with Gasteiger partial charge in [-0.15, -0.1) is 0 Å². The second-order valence-electron chi connectivity index (χ2n) is 3.31. The van der Waals surface area contributed by atoms with E-state index in [1.807, 2.05) is 0 Å². The molecule has 88 valence electrons. The second kappa shape index (κ2) is 4.04. The van der Waals surface area contributed by atoms with Crippen molar-refractivity contribution in [3.63, 3.8) is 0 Å². The summed E-state index contributed by atoms with van der Waals surface area (Å²) in [5.41, 5.74) is -0.517. The molecule has 3 nitrogen and oxygen atoms in total. The third-order valence-electron chi connectivity index (χ3n) is 2.12. The molecule has 1 aromatic heterocycles. The molecule has 2 rings (SSSR count). The first-order valence-corrected chi connectivity index (χ1v) is 4.60. The van der Waals surface area contributed by atoms with Crippen LogP contribution in [0.25, 0.3) is 11.3 Å². The maximum absolute atomic E-state index is 12.5. The molecule has 1 heterocycles. The third-order valence-corrected chi connectivity index (χ3v) is 2.12. The highest BCUT2D eigenvalue weighted by Gasteiger charge is 2.30. The Balaban J connectivity index is 2.42. The van der Waals surface area contributed by atoms with Gasteiger partial charge in [-0.25, -0.2) is 0 Å². The van der Waals surface area contributed by atoms with Crippen molar-refractivity contribution in [2.75, 3.05) is 0 Å². The molecule has 0 spiro atoms. The Morgan fingerprint density at radius 3 is 2.59 bits per heavy atom. The largest absolute Gasteiger partial charge is 0.416 e. The highest BCUT2D eigenvalue weighted by atomic mass is 19.4. The van der Waals surface area contributed by atoms with Crippen molar-refractivity contribution >= 4 is 6.29 Å². The molecule has 0 atom stereocenters.